The van der Waals surface area contributed by atoms with Crippen LogP contribution in [0, 0.1) is 0 Å². The minimum Gasteiger partial charge on any atom is -0.324 e. The van der Waals surface area contributed by atoms with Gasteiger partial charge in [0.2, 0.25) is 0 Å². The summed E-state index contributed by atoms with van der Waals surface area (Å²) in [5.41, 5.74) is 13.2. The summed E-state index contributed by atoms with van der Waals surface area (Å²) in [6.07, 6.45) is 3.09. The van der Waals surface area contributed by atoms with Crippen molar-refractivity contribution in [3.05, 3.63) is 125 Å². The van der Waals surface area contributed by atoms with E-state index in [1.165, 1.54) is 27.8 Å². The third-order valence-electron chi connectivity index (χ3n) is 5.66. The Kier molecular flexibility index (Phi) is 4.55. The third kappa shape index (κ3) is 2.67. The van der Waals surface area contributed by atoms with Gasteiger partial charge >= 0.3 is 0 Å². The lowest BCUT2D eigenvalue weighted by atomic mass is 9.68. The highest BCUT2D eigenvalue weighted by molar-refractivity contribution is 5.93. The molecule has 3 aromatic carbocycles. The van der Waals surface area contributed by atoms with Gasteiger partial charge in [0.15, 0.2) is 0 Å². The van der Waals surface area contributed by atoms with Gasteiger partial charge in [-0.1, -0.05) is 105 Å². The topological polar surface area (TPSA) is 26.0 Å². The summed E-state index contributed by atoms with van der Waals surface area (Å²) in [6.45, 7) is 6.74. The van der Waals surface area contributed by atoms with Crippen LogP contribution >= 0.6 is 0 Å². The highest BCUT2D eigenvalue weighted by Crippen LogP contribution is 2.56. The van der Waals surface area contributed by atoms with Gasteiger partial charge in [-0.3, -0.25) is 0 Å². The van der Waals surface area contributed by atoms with E-state index >= 15 is 0 Å². The molecule has 1 heteroatoms. The van der Waals surface area contributed by atoms with Crippen molar-refractivity contribution in [1.82, 2.24) is 0 Å². The Balaban J connectivity index is 2.08. The fourth-order valence-corrected chi connectivity index (χ4v) is 4.30. The molecule has 0 heterocycles. The molecular weight excluding hydrogens is 326 g/mol. The number of rotatable bonds is 4. The maximum Gasteiger partial charge on any atom is 0.0707 e. The summed E-state index contributed by atoms with van der Waals surface area (Å²) < 4.78 is 0. The standard InChI is InChI=1S/C26H25N/c1-3-22(27)18-24-19(2)26(20-12-6-4-7-13-20,21-14-8-5-9-15-21)25-17-11-10-16-23(24)25/h4-18,22H,2-3,27H2,1H3/b24-18+. The Labute approximate surface area is 161 Å². The van der Waals surface area contributed by atoms with E-state index in [2.05, 4.69) is 105 Å². The van der Waals surface area contributed by atoms with Crippen LogP contribution in [-0.2, 0) is 5.41 Å². The molecule has 0 saturated carbocycles. The molecule has 1 unspecified atom stereocenters. The Bertz CT molecular complexity index is 943. The number of benzene rings is 3. The van der Waals surface area contributed by atoms with Crippen LogP contribution in [0.5, 0.6) is 0 Å². The van der Waals surface area contributed by atoms with Gasteiger partial charge in [0.1, 0.15) is 0 Å². The molecule has 4 rings (SSSR count). The summed E-state index contributed by atoms with van der Waals surface area (Å²) >= 11 is 0. The average molecular weight is 351 g/mol. The predicted octanol–water partition coefficient (Wildman–Crippen LogP) is 5.71. The number of hydrogen-bond acceptors (Lipinski definition) is 1. The molecule has 0 bridgehead atoms. The zero-order chi connectivity index (χ0) is 18.9. The molecule has 0 saturated heterocycles. The van der Waals surface area contributed by atoms with E-state index in [9.17, 15) is 0 Å². The van der Waals surface area contributed by atoms with Crippen molar-refractivity contribution < 1.29 is 0 Å². The van der Waals surface area contributed by atoms with Crippen molar-refractivity contribution in [2.75, 3.05) is 0 Å². The summed E-state index contributed by atoms with van der Waals surface area (Å²) in [7, 11) is 0. The fraction of sp³-hybridized carbons (Fsp3) is 0.154. The van der Waals surface area contributed by atoms with Crippen molar-refractivity contribution >= 4 is 5.57 Å². The minimum atomic E-state index is -0.390. The van der Waals surface area contributed by atoms with Crippen LogP contribution in [0.2, 0.25) is 0 Å². The van der Waals surface area contributed by atoms with Crippen LogP contribution in [0.4, 0.5) is 0 Å². The molecule has 3 aromatic rings. The molecule has 0 aromatic heterocycles. The van der Waals surface area contributed by atoms with E-state index < -0.39 is 5.41 Å². The summed E-state index contributed by atoms with van der Waals surface area (Å²) in [5, 5.41) is 0. The van der Waals surface area contributed by atoms with Crippen LogP contribution in [0.3, 0.4) is 0 Å². The second kappa shape index (κ2) is 7.02. The van der Waals surface area contributed by atoms with Crippen molar-refractivity contribution in [2.24, 2.45) is 5.73 Å². The zero-order valence-electron chi connectivity index (χ0n) is 15.7. The summed E-state index contributed by atoms with van der Waals surface area (Å²) in [4.78, 5) is 0. The fourth-order valence-electron chi connectivity index (χ4n) is 4.30. The highest BCUT2D eigenvalue weighted by atomic mass is 14.6. The Morgan fingerprint density at radius 3 is 1.93 bits per heavy atom. The van der Waals surface area contributed by atoms with E-state index in [-0.39, 0.29) is 6.04 Å². The quantitative estimate of drug-likeness (QED) is 0.640. The number of hydrogen-bond donors (Lipinski definition) is 1. The number of fused-ring (bicyclic) bond motifs is 1. The van der Waals surface area contributed by atoms with Crippen molar-refractivity contribution in [3.8, 4) is 0 Å². The molecule has 1 aliphatic carbocycles. The van der Waals surface area contributed by atoms with Crippen LogP contribution in [0.1, 0.15) is 35.6 Å². The maximum absolute atomic E-state index is 6.32. The van der Waals surface area contributed by atoms with Gasteiger partial charge in [-0.15, -0.1) is 0 Å². The molecule has 0 aliphatic heterocycles. The highest BCUT2D eigenvalue weighted by Gasteiger charge is 2.47. The van der Waals surface area contributed by atoms with Crippen molar-refractivity contribution in [1.29, 1.82) is 0 Å². The first-order valence-electron chi connectivity index (χ1n) is 9.57. The molecule has 0 spiro atoms. The van der Waals surface area contributed by atoms with Crippen LogP contribution in [0.15, 0.2) is 103 Å². The summed E-state index contributed by atoms with van der Waals surface area (Å²) in [5.74, 6) is 0. The van der Waals surface area contributed by atoms with E-state index in [4.69, 9.17) is 5.73 Å². The van der Waals surface area contributed by atoms with E-state index in [1.54, 1.807) is 0 Å². The SMILES string of the molecule is C=C1/C(=C\C(N)CC)c2ccccc2C1(c1ccccc1)c1ccccc1. The van der Waals surface area contributed by atoms with E-state index in [0.29, 0.717) is 0 Å². The van der Waals surface area contributed by atoms with E-state index in [0.717, 1.165) is 12.0 Å². The van der Waals surface area contributed by atoms with Crippen LogP contribution in [-0.4, -0.2) is 6.04 Å². The largest absolute Gasteiger partial charge is 0.324 e. The normalized spacial score (nSPS) is 17.7. The maximum atomic E-state index is 6.32. The Morgan fingerprint density at radius 1 is 0.852 bits per heavy atom. The van der Waals surface area contributed by atoms with Gasteiger partial charge in [-0.25, -0.2) is 0 Å². The molecule has 1 nitrogen and oxygen atoms in total. The molecular formula is C26H25N. The first-order chi connectivity index (χ1) is 13.2. The molecule has 0 radical (unpaired) electrons. The lowest BCUT2D eigenvalue weighted by Crippen LogP contribution is -2.28. The first kappa shape index (κ1) is 17.5. The Morgan fingerprint density at radius 2 is 1.37 bits per heavy atom. The monoisotopic (exact) mass is 351 g/mol. The van der Waals surface area contributed by atoms with Gasteiger partial charge in [0.25, 0.3) is 0 Å². The van der Waals surface area contributed by atoms with Crippen LogP contribution in [0.25, 0.3) is 5.57 Å². The molecule has 0 amide bonds. The molecule has 1 atom stereocenters. The molecule has 0 fully saturated rings. The van der Waals surface area contributed by atoms with Gasteiger partial charge in [-0.2, -0.15) is 0 Å². The lowest BCUT2D eigenvalue weighted by Gasteiger charge is -2.33. The van der Waals surface area contributed by atoms with Crippen LogP contribution < -0.4 is 5.73 Å². The Hall–Kier alpha value is -2.90. The van der Waals surface area contributed by atoms with Crippen molar-refractivity contribution in [2.45, 2.75) is 24.8 Å². The van der Waals surface area contributed by atoms with Crippen molar-refractivity contribution in [3.63, 3.8) is 0 Å². The first-order valence-corrected chi connectivity index (χ1v) is 9.57. The third-order valence-corrected chi connectivity index (χ3v) is 5.66. The molecule has 134 valence electrons. The zero-order valence-corrected chi connectivity index (χ0v) is 15.7. The lowest BCUT2D eigenvalue weighted by molar-refractivity contribution is 0.766. The average Bonchev–Trinajstić information content (AvgIpc) is 2.98. The van der Waals surface area contributed by atoms with Gasteiger partial charge in [0.05, 0.1) is 5.41 Å². The van der Waals surface area contributed by atoms with E-state index in [1.807, 2.05) is 0 Å². The molecule has 2 N–H and O–H groups in total. The van der Waals surface area contributed by atoms with Gasteiger partial charge < -0.3 is 5.73 Å². The second-order valence-corrected chi connectivity index (χ2v) is 7.16. The second-order valence-electron chi connectivity index (χ2n) is 7.16. The predicted molar refractivity (Wildman–Crippen MR) is 115 cm³/mol. The van der Waals surface area contributed by atoms with Gasteiger partial charge in [-0.05, 0) is 39.8 Å². The van der Waals surface area contributed by atoms with Gasteiger partial charge in [0, 0.05) is 6.04 Å². The number of nitrogens with two attached hydrogens (primary N) is 1. The minimum absolute atomic E-state index is 0.0205. The molecule has 1 aliphatic rings. The number of allylic oxidation sites excluding steroid dienone is 2. The molecule has 27 heavy (non-hydrogen) atoms. The smallest absolute Gasteiger partial charge is 0.0707 e. The summed E-state index contributed by atoms with van der Waals surface area (Å²) in [6, 6.07) is 30.1.